The van der Waals surface area contributed by atoms with Gasteiger partial charge in [0.25, 0.3) is 0 Å². The van der Waals surface area contributed by atoms with Gasteiger partial charge in [-0.1, -0.05) is 12.8 Å². The van der Waals surface area contributed by atoms with Crippen LogP contribution in [0, 0.1) is 62.6 Å². The van der Waals surface area contributed by atoms with Crippen molar-refractivity contribution in [3.05, 3.63) is 305 Å². The Morgan fingerprint density at radius 1 is 0.304 bits per heavy atom. The zero-order chi connectivity index (χ0) is 102. The summed E-state index contributed by atoms with van der Waals surface area (Å²) in [6.07, 6.45) is 13.3. The number of fused-ring (bicyclic) bond motifs is 4. The van der Waals surface area contributed by atoms with Gasteiger partial charge in [0.05, 0.1) is 39.7 Å². The van der Waals surface area contributed by atoms with Crippen LogP contribution in [-0.4, -0.2) is 105 Å². The molecule has 23 rings (SSSR count). The Hall–Kier alpha value is -16.1. The number of aromatic nitrogens is 16. The normalized spacial score (nSPS) is 13.4. The third-order valence-electron chi connectivity index (χ3n) is 24.6. The first kappa shape index (κ1) is 99.2. The number of hydrogen-bond acceptors (Lipinski definition) is 30. The van der Waals surface area contributed by atoms with Crippen LogP contribution < -0.4 is 60.8 Å². The molecule has 0 amide bonds. The Balaban J connectivity index is 0.000000120. The molecule has 12 aromatic heterocycles. The van der Waals surface area contributed by atoms with Crippen molar-refractivity contribution in [2.24, 2.45) is 7.05 Å². The summed E-state index contributed by atoms with van der Waals surface area (Å²) in [5.74, 6) is 1.78. The lowest BCUT2D eigenvalue weighted by molar-refractivity contribution is 0.0673. The molecular weight excluding hydrogens is 1980 g/mol. The number of rotatable bonds is 27. The van der Waals surface area contributed by atoms with Gasteiger partial charge >= 0.3 is 0 Å². The standard InChI is InChI=1S/2C28H25F2N5O3S.C28H26FN5O2S.C24H20FN5O2S/c1-16-2-4-22(39-16)14-37-20-10-17(29)11-21(12-20)38-19-3-5-23(24(30)13-19)26-25-27(31)32-15-33-28(25)35(34-26)18-6-8-36-9-7-18;1-16-2-4-22(39-16)14-37-20-11-18(29)12-21(13-20)38-24-5-3-17(10-23(24)30)26-25-27(31)32-15-33-28(25)35(34-26)19-6-8-36-9-7-19;1-17-6-11-24(37-17)15-35-22-12-19(29)13-23(14-22)36-21-9-7-18(8-10-21)26-25-27(30)31-16-32-28(25)34(33-26)20-4-2-3-5-20;1-14-3-8-20(33-14)12-31-18-9-16(25)10-19(11-18)32-17-6-4-15(5-7-17)22-21-23(26)27-13-28-24(21)30(2)29-22/h2-5,10-13,15,18H,6-9,14H2,1H3,(H2,31,32,33);2-5,10-13,15,19H,6-9,14H2,1H3,(H2,31,32,33);6-14,16,20H,2-5,15H2,1H3,(H2,30,31,32);3-11,13H,12H2,1-2H3,(H2,26,27,28). The van der Waals surface area contributed by atoms with E-state index in [2.05, 4.69) is 45.0 Å². The number of thiophene rings is 4. The first-order valence-corrected chi connectivity index (χ1v) is 50.7. The van der Waals surface area contributed by atoms with E-state index in [1.54, 1.807) is 110 Å². The minimum atomic E-state index is -0.641. The number of nitrogen functional groups attached to an aromatic ring is 4. The molecule has 0 radical (unpaired) electrons. The summed E-state index contributed by atoms with van der Waals surface area (Å²) in [4.78, 5) is 43.0. The van der Waals surface area contributed by atoms with Gasteiger partial charge in [0.1, 0.15) is 190 Å². The second-order valence-electron chi connectivity index (χ2n) is 35.2. The van der Waals surface area contributed by atoms with E-state index in [1.807, 2.05) is 122 Å². The molecular formula is C108H96F6N20O10S4. The highest BCUT2D eigenvalue weighted by Gasteiger charge is 2.31. The molecule has 1 aliphatic carbocycles. The van der Waals surface area contributed by atoms with Crippen LogP contribution in [0.1, 0.15) is 109 Å². The largest absolute Gasteiger partial charge is 0.488 e. The van der Waals surface area contributed by atoms with E-state index in [0.717, 1.165) is 90.8 Å². The molecule has 0 unspecified atom stereocenters. The fourth-order valence-corrected chi connectivity index (χ4v) is 20.8. The van der Waals surface area contributed by atoms with Gasteiger partial charge in [0.2, 0.25) is 0 Å². The zero-order valence-corrected chi connectivity index (χ0v) is 83.7. The highest BCUT2D eigenvalue weighted by molar-refractivity contribution is 7.12. The van der Waals surface area contributed by atoms with E-state index in [1.165, 1.54) is 126 Å². The van der Waals surface area contributed by atoms with Crippen LogP contribution in [-0.2, 0) is 42.9 Å². The summed E-state index contributed by atoms with van der Waals surface area (Å²) in [6.45, 7) is 11.9. The van der Waals surface area contributed by atoms with E-state index in [0.29, 0.717) is 167 Å². The second kappa shape index (κ2) is 44.4. The second-order valence-corrected chi connectivity index (χ2v) is 40.7. The van der Waals surface area contributed by atoms with Crippen LogP contribution >= 0.6 is 45.3 Å². The van der Waals surface area contributed by atoms with E-state index in [-0.39, 0.29) is 58.0 Å². The van der Waals surface area contributed by atoms with Gasteiger partial charge in [0.15, 0.2) is 34.2 Å². The Labute approximate surface area is 859 Å². The molecule has 2 aliphatic heterocycles. The molecule has 148 heavy (non-hydrogen) atoms. The first-order chi connectivity index (χ1) is 71.9. The van der Waals surface area contributed by atoms with Gasteiger partial charge in [0, 0.05) is 174 Å². The maximum Gasteiger partial charge on any atom is 0.166 e. The molecule has 0 spiro atoms. The summed E-state index contributed by atoms with van der Waals surface area (Å²) in [7, 11) is 1.80. The average Bonchev–Trinajstić information content (AvgIpc) is 1.61. The van der Waals surface area contributed by atoms with Crippen molar-refractivity contribution in [3.8, 4) is 114 Å². The van der Waals surface area contributed by atoms with E-state index in [4.69, 9.17) is 85.6 Å². The maximum atomic E-state index is 15.5. The molecule has 8 N–H and O–H groups in total. The lowest BCUT2D eigenvalue weighted by atomic mass is 10.1. The predicted molar refractivity (Wildman–Crippen MR) is 557 cm³/mol. The lowest BCUT2D eigenvalue weighted by Crippen LogP contribution is -2.20. The van der Waals surface area contributed by atoms with Crippen molar-refractivity contribution in [2.75, 3.05) is 49.4 Å². The van der Waals surface area contributed by atoms with Crippen molar-refractivity contribution in [1.82, 2.24) is 79.0 Å². The van der Waals surface area contributed by atoms with Crippen LogP contribution in [0.3, 0.4) is 0 Å². The molecule has 1 saturated carbocycles. The monoisotopic (exact) mass is 2070 g/mol. The van der Waals surface area contributed by atoms with Gasteiger partial charge < -0.3 is 70.3 Å². The number of halogens is 6. The number of anilines is 4. The molecule has 2 saturated heterocycles. The fraction of sp³-hybridized carbons (Fsp3) is 0.222. The smallest absolute Gasteiger partial charge is 0.166 e. The minimum absolute atomic E-state index is 0.0585. The van der Waals surface area contributed by atoms with Gasteiger partial charge in [-0.15, -0.1) is 45.3 Å². The zero-order valence-electron chi connectivity index (χ0n) is 80.4. The summed E-state index contributed by atoms with van der Waals surface area (Å²) < 4.78 is 152. The SMILES string of the molecule is Cc1ccc(COc2cc(F)cc(Oc3ccc(-c4nn(C)c5ncnc(N)c45)cc3)c2)s1.Cc1ccc(COc2cc(F)cc(Oc3ccc(-c4nn(C5CCCC5)c5ncnc(N)c45)cc3)c2)s1.Cc1ccc(COc2cc(F)cc(Oc3ccc(-c4nn(C5CCOCC5)c5ncnc(N)c45)c(F)c3)c2)s1.Cc1ccc(COc2cc(F)cc(Oc3ccc(-c4nn(C5CCOCC5)c5ncnc(N)c45)cc3F)c2)s1. The van der Waals surface area contributed by atoms with Crippen LogP contribution in [0.15, 0.2) is 232 Å². The summed E-state index contributed by atoms with van der Waals surface area (Å²) in [5.41, 5.74) is 32.0. The average molecular weight is 2080 g/mol. The molecule has 0 bridgehead atoms. The fourth-order valence-electron chi connectivity index (χ4n) is 17.6. The van der Waals surface area contributed by atoms with Crippen LogP contribution in [0.2, 0.25) is 0 Å². The van der Waals surface area contributed by atoms with Crippen molar-refractivity contribution in [1.29, 1.82) is 0 Å². The minimum Gasteiger partial charge on any atom is -0.488 e. The third kappa shape index (κ3) is 23.2. The molecule has 3 fully saturated rings. The number of benzene rings is 8. The van der Waals surface area contributed by atoms with Crippen molar-refractivity contribution >= 4 is 113 Å². The molecule has 20 aromatic rings. The van der Waals surface area contributed by atoms with Gasteiger partial charge in [-0.25, -0.2) is 84.9 Å². The number of ether oxygens (including phenoxy) is 10. The van der Waals surface area contributed by atoms with Crippen LogP contribution in [0.5, 0.6) is 69.0 Å². The molecule has 40 heteroatoms. The van der Waals surface area contributed by atoms with Crippen molar-refractivity contribution in [3.63, 3.8) is 0 Å². The topological polar surface area (TPSA) is 371 Å². The first-order valence-electron chi connectivity index (χ1n) is 47.4. The van der Waals surface area contributed by atoms with E-state index < -0.39 is 34.9 Å². The Kier molecular flexibility index (Phi) is 29.8. The molecule has 30 nitrogen and oxygen atoms in total. The summed E-state index contributed by atoms with van der Waals surface area (Å²) >= 11 is 6.52. The Bertz CT molecular complexity index is 8180. The van der Waals surface area contributed by atoms with Crippen molar-refractivity contribution < 1.29 is 73.7 Å². The molecule has 754 valence electrons. The Morgan fingerprint density at radius 3 is 0.993 bits per heavy atom. The number of aryl methyl sites for hydroxylation is 5. The number of nitrogens with zero attached hydrogens (tertiary/aromatic N) is 16. The number of hydrogen-bond donors (Lipinski definition) is 4. The summed E-state index contributed by atoms with van der Waals surface area (Å²) in [5, 5.41) is 21.4. The summed E-state index contributed by atoms with van der Waals surface area (Å²) in [6, 6.07) is 56.9. The van der Waals surface area contributed by atoms with Gasteiger partial charge in [-0.3, -0.25) is 0 Å². The van der Waals surface area contributed by atoms with Crippen LogP contribution in [0.25, 0.3) is 89.2 Å². The third-order valence-corrected chi connectivity index (χ3v) is 28.5. The highest BCUT2D eigenvalue weighted by Crippen LogP contribution is 2.45. The molecule has 0 atom stereocenters. The molecule has 14 heterocycles. The van der Waals surface area contributed by atoms with Gasteiger partial charge in [-0.05, 0) is 194 Å². The highest BCUT2D eigenvalue weighted by atomic mass is 32.1. The predicted octanol–water partition coefficient (Wildman–Crippen LogP) is 25.5. The van der Waals surface area contributed by atoms with Crippen molar-refractivity contribution in [2.45, 2.75) is 124 Å². The lowest BCUT2D eigenvalue weighted by Gasteiger charge is -2.22. The van der Waals surface area contributed by atoms with E-state index >= 15 is 8.78 Å². The number of nitrogens with two attached hydrogens (primary N) is 4. The van der Waals surface area contributed by atoms with Crippen LogP contribution in [0.4, 0.5) is 49.6 Å². The van der Waals surface area contributed by atoms with E-state index in [9.17, 15) is 17.6 Å². The maximum absolute atomic E-state index is 15.5. The quantitative estimate of drug-likeness (QED) is 0.0347. The molecule has 8 aromatic carbocycles. The Morgan fingerprint density at radius 2 is 0.622 bits per heavy atom. The molecule has 3 aliphatic rings. The van der Waals surface area contributed by atoms with Gasteiger partial charge in [-0.2, -0.15) is 20.4 Å².